The van der Waals surface area contributed by atoms with E-state index in [-0.39, 0.29) is 11.9 Å². The monoisotopic (exact) mass is 190 g/mol. The van der Waals surface area contributed by atoms with E-state index in [9.17, 15) is 4.79 Å². The molecular weight excluding hydrogens is 180 g/mol. The number of guanidine groups is 1. The number of carbonyl (C=O) groups is 1. The van der Waals surface area contributed by atoms with Gasteiger partial charge in [0.25, 0.3) is 5.91 Å². The Kier molecular flexibility index (Phi) is 1.73. The third kappa shape index (κ3) is 1.14. The van der Waals surface area contributed by atoms with Crippen LogP contribution in [-0.4, -0.2) is 16.9 Å². The van der Waals surface area contributed by atoms with E-state index in [0.717, 1.165) is 5.56 Å². The van der Waals surface area contributed by atoms with E-state index in [4.69, 9.17) is 5.73 Å². The minimum Gasteiger partial charge on any atom is -0.370 e. The predicted molar refractivity (Wildman–Crippen MR) is 51.4 cm³/mol. The zero-order valence-corrected chi connectivity index (χ0v) is 7.69. The summed E-state index contributed by atoms with van der Waals surface area (Å²) < 4.78 is 0. The van der Waals surface area contributed by atoms with Gasteiger partial charge in [-0.1, -0.05) is 0 Å². The Morgan fingerprint density at radius 3 is 2.57 bits per heavy atom. The maximum absolute atomic E-state index is 11.6. The molecule has 0 fully saturated rings. The lowest BCUT2D eigenvalue weighted by Crippen LogP contribution is -2.37. The number of aliphatic imine (C=N–C) groups is 1. The molecule has 0 saturated carbocycles. The Balaban J connectivity index is 2.48. The highest BCUT2D eigenvalue weighted by molar-refractivity contribution is 6.06. The standard InChI is InChI=1S/C9H10N4O/c1-9(6-2-4-11-5-3-6)7(14)12-8(10)13-9/h2-5H,1H3,(H3,10,12,13,14). The molecule has 2 heterocycles. The van der Waals surface area contributed by atoms with Crippen molar-refractivity contribution < 1.29 is 4.79 Å². The van der Waals surface area contributed by atoms with Crippen molar-refractivity contribution in [3.63, 3.8) is 0 Å². The molecule has 0 saturated heterocycles. The van der Waals surface area contributed by atoms with E-state index in [1.54, 1.807) is 31.5 Å². The third-order valence-electron chi connectivity index (χ3n) is 2.27. The summed E-state index contributed by atoms with van der Waals surface area (Å²) in [5.41, 5.74) is 5.31. The van der Waals surface area contributed by atoms with Crippen molar-refractivity contribution in [3.05, 3.63) is 30.1 Å². The molecule has 72 valence electrons. The van der Waals surface area contributed by atoms with Gasteiger partial charge < -0.3 is 5.73 Å². The number of hydrogen-bond donors (Lipinski definition) is 2. The van der Waals surface area contributed by atoms with Gasteiger partial charge in [-0.15, -0.1) is 0 Å². The van der Waals surface area contributed by atoms with E-state index in [2.05, 4.69) is 15.3 Å². The van der Waals surface area contributed by atoms with Gasteiger partial charge in [0.05, 0.1) is 0 Å². The summed E-state index contributed by atoms with van der Waals surface area (Å²) in [6, 6.07) is 3.50. The molecule has 1 amide bonds. The van der Waals surface area contributed by atoms with Gasteiger partial charge in [-0.05, 0) is 24.6 Å². The van der Waals surface area contributed by atoms with Crippen LogP contribution in [0, 0.1) is 0 Å². The number of nitrogens with two attached hydrogens (primary N) is 1. The number of nitrogens with one attached hydrogen (secondary N) is 1. The molecule has 3 N–H and O–H groups in total. The van der Waals surface area contributed by atoms with Gasteiger partial charge >= 0.3 is 0 Å². The summed E-state index contributed by atoms with van der Waals surface area (Å²) in [5, 5.41) is 2.47. The van der Waals surface area contributed by atoms with Gasteiger partial charge in [-0.2, -0.15) is 0 Å². The van der Waals surface area contributed by atoms with Crippen molar-refractivity contribution in [3.8, 4) is 0 Å². The van der Waals surface area contributed by atoms with E-state index >= 15 is 0 Å². The quantitative estimate of drug-likeness (QED) is 0.640. The van der Waals surface area contributed by atoms with Crippen molar-refractivity contribution >= 4 is 11.9 Å². The molecule has 2 rings (SSSR count). The molecule has 1 aromatic rings. The Morgan fingerprint density at radius 2 is 2.07 bits per heavy atom. The molecule has 1 unspecified atom stereocenters. The second kappa shape index (κ2) is 2.80. The van der Waals surface area contributed by atoms with Crippen LogP contribution >= 0.6 is 0 Å². The Labute approximate surface area is 81.1 Å². The third-order valence-corrected chi connectivity index (χ3v) is 2.27. The van der Waals surface area contributed by atoms with Gasteiger partial charge in [-0.25, -0.2) is 4.99 Å². The van der Waals surface area contributed by atoms with Gasteiger partial charge in [0, 0.05) is 12.4 Å². The molecule has 0 aliphatic carbocycles. The zero-order chi connectivity index (χ0) is 10.2. The first-order valence-corrected chi connectivity index (χ1v) is 4.20. The first-order valence-electron chi connectivity index (χ1n) is 4.20. The lowest BCUT2D eigenvalue weighted by atomic mass is 9.94. The normalized spacial score (nSPS) is 25.8. The summed E-state index contributed by atoms with van der Waals surface area (Å²) >= 11 is 0. The second-order valence-electron chi connectivity index (χ2n) is 3.26. The van der Waals surface area contributed by atoms with Gasteiger partial charge in [0.15, 0.2) is 11.5 Å². The fourth-order valence-electron chi connectivity index (χ4n) is 1.43. The number of amides is 1. The van der Waals surface area contributed by atoms with Crippen LogP contribution in [0.4, 0.5) is 0 Å². The average molecular weight is 190 g/mol. The highest BCUT2D eigenvalue weighted by Crippen LogP contribution is 2.27. The maximum atomic E-state index is 11.6. The van der Waals surface area contributed by atoms with Crippen molar-refractivity contribution in [2.24, 2.45) is 10.7 Å². The first-order chi connectivity index (χ1) is 6.63. The van der Waals surface area contributed by atoms with E-state index in [0.29, 0.717) is 0 Å². The summed E-state index contributed by atoms with van der Waals surface area (Å²) in [6.07, 6.45) is 3.25. The number of pyridine rings is 1. The van der Waals surface area contributed by atoms with Crippen LogP contribution in [0.15, 0.2) is 29.5 Å². The van der Waals surface area contributed by atoms with Crippen molar-refractivity contribution in [1.82, 2.24) is 10.3 Å². The van der Waals surface area contributed by atoms with Crippen molar-refractivity contribution in [2.45, 2.75) is 12.5 Å². The molecule has 1 aromatic heterocycles. The van der Waals surface area contributed by atoms with E-state index in [1.165, 1.54) is 0 Å². The molecule has 0 radical (unpaired) electrons. The number of carbonyl (C=O) groups excluding carboxylic acids is 1. The fourth-order valence-corrected chi connectivity index (χ4v) is 1.43. The molecular formula is C9H10N4O. The average Bonchev–Trinajstić information content (AvgIpc) is 2.43. The lowest BCUT2D eigenvalue weighted by molar-refractivity contribution is -0.123. The van der Waals surface area contributed by atoms with Crippen LogP contribution in [-0.2, 0) is 10.3 Å². The first kappa shape index (κ1) is 8.68. The fraction of sp³-hybridized carbons (Fsp3) is 0.222. The number of nitrogens with zero attached hydrogens (tertiary/aromatic N) is 2. The minimum absolute atomic E-state index is 0.161. The summed E-state index contributed by atoms with van der Waals surface area (Å²) in [7, 11) is 0. The largest absolute Gasteiger partial charge is 0.370 e. The van der Waals surface area contributed by atoms with Crippen molar-refractivity contribution in [2.75, 3.05) is 0 Å². The lowest BCUT2D eigenvalue weighted by Gasteiger charge is -2.17. The van der Waals surface area contributed by atoms with Crippen LogP contribution in [0.5, 0.6) is 0 Å². The van der Waals surface area contributed by atoms with Crippen LogP contribution < -0.4 is 11.1 Å². The summed E-state index contributed by atoms with van der Waals surface area (Å²) in [4.78, 5) is 19.5. The highest BCUT2D eigenvalue weighted by Gasteiger charge is 2.39. The molecule has 5 heteroatoms. The molecule has 1 aliphatic heterocycles. The van der Waals surface area contributed by atoms with Gasteiger partial charge in [-0.3, -0.25) is 15.1 Å². The Bertz CT molecular complexity index is 401. The van der Waals surface area contributed by atoms with Crippen LogP contribution in [0.2, 0.25) is 0 Å². The molecule has 1 aliphatic rings. The Hall–Kier alpha value is -1.91. The molecule has 1 atom stereocenters. The van der Waals surface area contributed by atoms with Gasteiger partial charge in [0.1, 0.15) is 0 Å². The van der Waals surface area contributed by atoms with E-state index in [1.807, 2.05) is 0 Å². The topological polar surface area (TPSA) is 80.4 Å². The zero-order valence-electron chi connectivity index (χ0n) is 7.69. The van der Waals surface area contributed by atoms with Crippen LogP contribution in [0.3, 0.4) is 0 Å². The molecule has 5 nitrogen and oxygen atoms in total. The van der Waals surface area contributed by atoms with Crippen LogP contribution in [0.25, 0.3) is 0 Å². The van der Waals surface area contributed by atoms with Crippen LogP contribution in [0.1, 0.15) is 12.5 Å². The number of rotatable bonds is 1. The van der Waals surface area contributed by atoms with Crippen molar-refractivity contribution in [1.29, 1.82) is 0 Å². The summed E-state index contributed by atoms with van der Waals surface area (Å²) in [5.74, 6) is -0.0458. The second-order valence-corrected chi connectivity index (χ2v) is 3.26. The molecule has 0 aromatic carbocycles. The maximum Gasteiger partial charge on any atom is 0.259 e. The number of hydrogen-bond acceptors (Lipinski definition) is 4. The van der Waals surface area contributed by atoms with E-state index < -0.39 is 5.54 Å². The van der Waals surface area contributed by atoms with Gasteiger partial charge in [0.2, 0.25) is 0 Å². The molecule has 0 bridgehead atoms. The SMILES string of the molecule is CC1(c2ccncc2)N=C(N)NC1=O. The summed E-state index contributed by atoms with van der Waals surface area (Å²) in [6.45, 7) is 1.72. The Morgan fingerprint density at radius 1 is 1.43 bits per heavy atom. The minimum atomic E-state index is -0.910. The molecule has 14 heavy (non-hydrogen) atoms. The molecule has 0 spiro atoms. The predicted octanol–water partition coefficient (Wildman–Crippen LogP) is -0.259. The number of aromatic nitrogens is 1. The smallest absolute Gasteiger partial charge is 0.259 e. The highest BCUT2D eigenvalue weighted by atomic mass is 16.2.